The Labute approximate surface area is 241 Å². The highest BCUT2D eigenvalue weighted by molar-refractivity contribution is 5.30. The van der Waals surface area contributed by atoms with Gasteiger partial charge in [0.25, 0.3) is 0 Å². The first kappa shape index (κ1) is 34.6. The van der Waals surface area contributed by atoms with Gasteiger partial charge in [-0.2, -0.15) is 0 Å². The van der Waals surface area contributed by atoms with Gasteiger partial charge in [-0.1, -0.05) is 114 Å². The van der Waals surface area contributed by atoms with Crippen LogP contribution < -0.4 is 0 Å². The van der Waals surface area contributed by atoms with Crippen molar-refractivity contribution >= 4 is 0 Å². The highest BCUT2D eigenvalue weighted by Gasteiger charge is 2.13. The van der Waals surface area contributed by atoms with Gasteiger partial charge >= 0.3 is 0 Å². The van der Waals surface area contributed by atoms with E-state index in [0.29, 0.717) is 0 Å². The van der Waals surface area contributed by atoms with Crippen molar-refractivity contribution in [3.05, 3.63) is 106 Å². The van der Waals surface area contributed by atoms with Gasteiger partial charge in [-0.15, -0.1) is 0 Å². The number of nitrogens with zero attached hydrogens (tertiary/aromatic N) is 3. The molecule has 3 aromatic rings. The monoisotopic (exact) mass is 531 g/mol. The first-order chi connectivity index (χ1) is 19.1. The van der Waals surface area contributed by atoms with Crippen LogP contribution in [0.4, 0.5) is 0 Å². The molecule has 216 valence electrons. The zero-order valence-electron chi connectivity index (χ0n) is 26.6. The van der Waals surface area contributed by atoms with E-state index in [1.165, 1.54) is 61.2 Å². The Kier molecular flexibility index (Phi) is 18.1. The third-order valence-electron chi connectivity index (χ3n) is 6.96. The fraction of sp³-hybridized carbons (Fsp3) is 0.500. The summed E-state index contributed by atoms with van der Waals surface area (Å²) in [5.41, 5.74) is 9.10. The quantitative estimate of drug-likeness (QED) is 0.290. The SMILES string of the molecule is CC.CC.CC.CN1CCc2ccccc2C1.CN1CCc2ccccc2CC1.CN1Cc2ccccc2C1. The first-order valence-corrected chi connectivity index (χ1v) is 15.3. The van der Waals surface area contributed by atoms with Gasteiger partial charge in [0, 0.05) is 39.3 Å². The van der Waals surface area contributed by atoms with Crippen LogP contribution in [-0.4, -0.2) is 55.5 Å². The minimum absolute atomic E-state index is 1.12. The van der Waals surface area contributed by atoms with Crippen molar-refractivity contribution in [2.45, 2.75) is 80.4 Å². The van der Waals surface area contributed by atoms with Crippen LogP contribution in [-0.2, 0) is 38.9 Å². The van der Waals surface area contributed by atoms with E-state index >= 15 is 0 Å². The third kappa shape index (κ3) is 12.1. The second-order valence-electron chi connectivity index (χ2n) is 9.77. The van der Waals surface area contributed by atoms with Crippen LogP contribution in [0.2, 0.25) is 0 Å². The van der Waals surface area contributed by atoms with Crippen molar-refractivity contribution in [1.29, 1.82) is 0 Å². The van der Waals surface area contributed by atoms with Crippen molar-refractivity contribution in [3.63, 3.8) is 0 Å². The van der Waals surface area contributed by atoms with Gasteiger partial charge in [-0.3, -0.25) is 4.90 Å². The summed E-state index contributed by atoms with van der Waals surface area (Å²) in [5, 5.41) is 0. The Morgan fingerprint density at radius 1 is 0.359 bits per heavy atom. The van der Waals surface area contributed by atoms with Crippen LogP contribution >= 0.6 is 0 Å². The highest BCUT2D eigenvalue weighted by Crippen LogP contribution is 2.20. The standard InChI is InChI=1S/C11H15N.C10H13N.C9H11N.3C2H6/c1-12-8-6-10-4-2-3-5-11(10)7-9-12;1-11-7-6-9-4-2-3-5-10(9)8-11;1-10-6-8-4-2-3-5-9(8)7-10;3*1-2/h2-5H,6-9H2,1H3;2-5H,6-8H2,1H3;2-5H,6-7H2,1H3;3*1-2H3. The molecule has 6 rings (SSSR count). The highest BCUT2D eigenvalue weighted by atomic mass is 15.1. The smallest absolute Gasteiger partial charge is 0.0237 e. The van der Waals surface area contributed by atoms with Gasteiger partial charge in [-0.25, -0.2) is 0 Å². The molecule has 3 nitrogen and oxygen atoms in total. The predicted octanol–water partition coefficient (Wildman–Crippen LogP) is 8.10. The second-order valence-corrected chi connectivity index (χ2v) is 9.77. The summed E-state index contributed by atoms with van der Waals surface area (Å²) in [6, 6.07) is 26.2. The molecule has 0 aromatic heterocycles. The Bertz CT molecular complexity index is 977. The molecule has 0 aliphatic carbocycles. The minimum atomic E-state index is 1.12. The third-order valence-corrected chi connectivity index (χ3v) is 6.96. The van der Waals surface area contributed by atoms with Crippen molar-refractivity contribution in [1.82, 2.24) is 14.7 Å². The number of hydrogen-bond acceptors (Lipinski definition) is 3. The van der Waals surface area contributed by atoms with E-state index in [4.69, 9.17) is 0 Å². The molecular weight excluding hydrogens is 474 g/mol. The Morgan fingerprint density at radius 2 is 0.615 bits per heavy atom. The molecular formula is C36H57N3. The number of hydrogen-bond donors (Lipinski definition) is 0. The van der Waals surface area contributed by atoms with E-state index in [-0.39, 0.29) is 0 Å². The topological polar surface area (TPSA) is 9.72 Å². The molecule has 3 heterocycles. The minimum Gasteiger partial charge on any atom is -0.306 e. The van der Waals surface area contributed by atoms with E-state index in [1.54, 1.807) is 11.1 Å². The van der Waals surface area contributed by atoms with Gasteiger partial charge in [-0.05, 0) is 73.8 Å². The maximum atomic E-state index is 2.40. The molecule has 0 N–H and O–H groups in total. The van der Waals surface area contributed by atoms with Gasteiger partial charge in [0.15, 0.2) is 0 Å². The van der Waals surface area contributed by atoms with Gasteiger partial charge < -0.3 is 9.80 Å². The van der Waals surface area contributed by atoms with E-state index < -0.39 is 0 Å². The van der Waals surface area contributed by atoms with Crippen LogP contribution in [0, 0.1) is 0 Å². The van der Waals surface area contributed by atoms with Crippen molar-refractivity contribution in [3.8, 4) is 0 Å². The van der Waals surface area contributed by atoms with E-state index in [0.717, 1.165) is 19.6 Å². The average molecular weight is 532 g/mol. The van der Waals surface area contributed by atoms with Crippen molar-refractivity contribution < 1.29 is 0 Å². The van der Waals surface area contributed by atoms with Gasteiger partial charge in [0.05, 0.1) is 0 Å². The first-order valence-electron chi connectivity index (χ1n) is 15.3. The Balaban J connectivity index is 0.000000267. The number of likely N-dealkylation sites (N-methyl/N-ethyl adjacent to an activating group) is 2. The van der Waals surface area contributed by atoms with E-state index in [1.807, 2.05) is 41.5 Å². The molecule has 0 amide bonds. The molecule has 3 aliphatic heterocycles. The molecule has 0 fully saturated rings. The zero-order chi connectivity index (χ0) is 29.0. The van der Waals surface area contributed by atoms with E-state index in [2.05, 4.69) is 109 Å². The lowest BCUT2D eigenvalue weighted by Crippen LogP contribution is -2.26. The van der Waals surface area contributed by atoms with Crippen LogP contribution in [0.25, 0.3) is 0 Å². The molecule has 39 heavy (non-hydrogen) atoms. The lowest BCUT2D eigenvalue weighted by molar-refractivity contribution is 0.313. The summed E-state index contributed by atoms with van der Waals surface area (Å²) in [6.07, 6.45) is 3.64. The van der Waals surface area contributed by atoms with Crippen molar-refractivity contribution in [2.75, 3.05) is 40.8 Å². The lowest BCUT2D eigenvalue weighted by atomic mass is 10.0. The number of fused-ring (bicyclic) bond motifs is 3. The molecule has 0 bridgehead atoms. The Morgan fingerprint density at radius 3 is 1.00 bits per heavy atom. The molecule has 3 heteroatoms. The maximum Gasteiger partial charge on any atom is 0.0237 e. The van der Waals surface area contributed by atoms with Crippen molar-refractivity contribution in [2.24, 2.45) is 0 Å². The molecule has 3 aliphatic rings. The Hall–Kier alpha value is -2.46. The predicted molar refractivity (Wildman–Crippen MR) is 173 cm³/mol. The number of rotatable bonds is 0. The molecule has 0 spiro atoms. The number of benzene rings is 3. The summed E-state index contributed by atoms with van der Waals surface area (Å²) < 4.78 is 0. The van der Waals surface area contributed by atoms with Crippen LogP contribution in [0.1, 0.15) is 74.9 Å². The molecule has 0 atom stereocenters. The molecule has 0 saturated carbocycles. The zero-order valence-corrected chi connectivity index (χ0v) is 26.6. The normalized spacial score (nSPS) is 15.6. The van der Waals surface area contributed by atoms with Gasteiger partial charge in [0.2, 0.25) is 0 Å². The van der Waals surface area contributed by atoms with Crippen LogP contribution in [0.3, 0.4) is 0 Å². The van der Waals surface area contributed by atoms with Crippen LogP contribution in [0.5, 0.6) is 0 Å². The van der Waals surface area contributed by atoms with Gasteiger partial charge in [0.1, 0.15) is 0 Å². The summed E-state index contributed by atoms with van der Waals surface area (Å²) in [4.78, 5) is 7.09. The fourth-order valence-electron chi connectivity index (χ4n) is 4.92. The molecule has 0 unspecified atom stereocenters. The molecule has 0 radical (unpaired) electrons. The second kappa shape index (κ2) is 20.4. The summed E-state index contributed by atoms with van der Waals surface area (Å²) in [5.74, 6) is 0. The largest absolute Gasteiger partial charge is 0.306 e. The molecule has 0 saturated heterocycles. The molecule has 3 aromatic carbocycles. The summed E-state index contributed by atoms with van der Waals surface area (Å²) in [7, 11) is 6.53. The maximum absolute atomic E-state index is 2.40. The lowest BCUT2D eigenvalue weighted by Gasteiger charge is -2.24. The average Bonchev–Trinajstić information content (AvgIpc) is 3.28. The summed E-state index contributed by atoms with van der Waals surface area (Å²) >= 11 is 0. The van der Waals surface area contributed by atoms with Crippen LogP contribution in [0.15, 0.2) is 72.8 Å². The van der Waals surface area contributed by atoms with E-state index in [9.17, 15) is 0 Å². The fourth-order valence-corrected chi connectivity index (χ4v) is 4.92. The summed E-state index contributed by atoms with van der Waals surface area (Å²) in [6.45, 7) is 19.0.